The first-order chi connectivity index (χ1) is 8.54. The summed E-state index contributed by atoms with van der Waals surface area (Å²) in [6.45, 7) is 1.13. The van der Waals surface area contributed by atoms with Gasteiger partial charge in [-0.15, -0.1) is 0 Å². The fourth-order valence-corrected chi connectivity index (χ4v) is 1.64. The molecule has 6 nitrogen and oxygen atoms in total. The predicted molar refractivity (Wildman–Crippen MR) is 71.8 cm³/mol. The molecule has 0 aromatic rings. The van der Waals surface area contributed by atoms with Crippen molar-refractivity contribution in [2.75, 3.05) is 13.1 Å². The third-order valence-corrected chi connectivity index (χ3v) is 2.85. The summed E-state index contributed by atoms with van der Waals surface area (Å²) in [4.78, 5) is 23.4. The van der Waals surface area contributed by atoms with Crippen LogP contribution in [0.25, 0.3) is 0 Å². The summed E-state index contributed by atoms with van der Waals surface area (Å²) in [5.74, 6) is -1.13. The first-order valence-electron chi connectivity index (χ1n) is 6.54. The number of hydrogen-bond acceptors (Lipinski definition) is 6. The minimum absolute atomic E-state index is 0.483. The van der Waals surface area contributed by atoms with E-state index in [9.17, 15) is 9.59 Å². The zero-order valence-corrected chi connectivity index (χ0v) is 10.9. The molecule has 0 aliphatic rings. The molecule has 0 aliphatic heterocycles. The molecule has 0 bridgehead atoms. The van der Waals surface area contributed by atoms with Crippen molar-refractivity contribution in [3.63, 3.8) is 0 Å². The van der Waals surface area contributed by atoms with Gasteiger partial charge in [0.1, 0.15) is 0 Å². The minimum atomic E-state index is -0.746. The highest BCUT2D eigenvalue weighted by molar-refractivity contribution is 6.40. The molecule has 0 fully saturated rings. The van der Waals surface area contributed by atoms with Crippen LogP contribution in [-0.2, 0) is 9.59 Å². The molecule has 0 radical (unpaired) electrons. The van der Waals surface area contributed by atoms with Gasteiger partial charge in [0.25, 0.3) is 0 Å². The lowest BCUT2D eigenvalue weighted by Gasteiger charge is -2.13. The average Bonchev–Trinajstić information content (AvgIpc) is 2.37. The molecule has 18 heavy (non-hydrogen) atoms. The fraction of sp³-hybridized carbons (Fsp3) is 0.833. The van der Waals surface area contributed by atoms with Gasteiger partial charge in [0.2, 0.25) is 11.6 Å². The second-order valence-corrected chi connectivity index (χ2v) is 4.51. The highest BCUT2D eigenvalue weighted by Gasteiger charge is 2.26. The largest absolute Gasteiger partial charge is 0.330 e. The molecule has 0 rings (SSSR count). The maximum absolute atomic E-state index is 11.7. The van der Waals surface area contributed by atoms with E-state index in [4.69, 9.17) is 22.9 Å². The van der Waals surface area contributed by atoms with Crippen molar-refractivity contribution in [2.45, 2.75) is 50.6 Å². The highest BCUT2D eigenvalue weighted by Crippen LogP contribution is 2.04. The molecule has 0 amide bonds. The van der Waals surface area contributed by atoms with Gasteiger partial charge in [-0.1, -0.05) is 12.8 Å². The number of rotatable bonds is 11. The summed E-state index contributed by atoms with van der Waals surface area (Å²) in [5, 5.41) is 0. The third kappa shape index (κ3) is 6.80. The Balaban J connectivity index is 4.02. The quantitative estimate of drug-likeness (QED) is 0.278. The van der Waals surface area contributed by atoms with Crippen molar-refractivity contribution < 1.29 is 9.59 Å². The second-order valence-electron chi connectivity index (χ2n) is 4.51. The second kappa shape index (κ2) is 10.1. The molecular weight excluding hydrogens is 232 g/mol. The summed E-state index contributed by atoms with van der Waals surface area (Å²) in [6, 6.07) is -1.49. The number of carbonyl (C=O) groups excluding carboxylic acids is 2. The lowest BCUT2D eigenvalue weighted by Crippen LogP contribution is -2.44. The number of nitrogens with two attached hydrogens (primary N) is 4. The summed E-state index contributed by atoms with van der Waals surface area (Å²) in [7, 11) is 0. The van der Waals surface area contributed by atoms with E-state index >= 15 is 0 Å². The molecule has 2 atom stereocenters. The molecule has 0 saturated heterocycles. The topological polar surface area (TPSA) is 138 Å². The zero-order chi connectivity index (χ0) is 14.0. The molecule has 8 N–H and O–H groups in total. The van der Waals surface area contributed by atoms with E-state index < -0.39 is 23.7 Å². The molecule has 0 unspecified atom stereocenters. The summed E-state index contributed by atoms with van der Waals surface area (Å²) in [5.41, 5.74) is 22.0. The van der Waals surface area contributed by atoms with E-state index in [1.54, 1.807) is 0 Å². The maximum Gasteiger partial charge on any atom is 0.216 e. The van der Waals surface area contributed by atoms with Crippen LogP contribution in [0, 0.1) is 0 Å². The number of carbonyl (C=O) groups is 2. The third-order valence-electron chi connectivity index (χ3n) is 2.85. The average molecular weight is 258 g/mol. The molecule has 6 heteroatoms. The Kier molecular flexibility index (Phi) is 9.67. The molecular formula is C12H26N4O2. The van der Waals surface area contributed by atoms with Crippen LogP contribution in [-0.4, -0.2) is 36.7 Å². The van der Waals surface area contributed by atoms with Crippen molar-refractivity contribution >= 4 is 11.6 Å². The first kappa shape index (κ1) is 17.2. The van der Waals surface area contributed by atoms with Crippen LogP contribution < -0.4 is 22.9 Å². The van der Waals surface area contributed by atoms with Gasteiger partial charge in [-0.2, -0.15) is 0 Å². The minimum Gasteiger partial charge on any atom is -0.330 e. The summed E-state index contributed by atoms with van der Waals surface area (Å²) >= 11 is 0. The number of Topliss-reactive ketones (excluding diaryl/α,β-unsaturated/α-hetero) is 2. The van der Waals surface area contributed by atoms with Gasteiger partial charge in [-0.25, -0.2) is 0 Å². The lowest BCUT2D eigenvalue weighted by atomic mass is 9.97. The van der Waals surface area contributed by atoms with Gasteiger partial charge >= 0.3 is 0 Å². The highest BCUT2D eigenvalue weighted by atomic mass is 16.2. The van der Waals surface area contributed by atoms with E-state index in [0.29, 0.717) is 25.9 Å². The Labute approximate surface area is 108 Å². The smallest absolute Gasteiger partial charge is 0.216 e. The number of unbranched alkanes of at least 4 members (excludes halogenated alkanes) is 2. The summed E-state index contributed by atoms with van der Waals surface area (Å²) in [6.07, 6.45) is 4.07. The van der Waals surface area contributed by atoms with Crippen LogP contribution in [0.4, 0.5) is 0 Å². The standard InChI is InChI=1S/C12H26N4O2/c13-7-3-1-5-9(15)11(17)12(18)10(16)6-2-4-8-14/h9-10H,1-8,13-16H2/t9-,10-/m0/s1. The van der Waals surface area contributed by atoms with Gasteiger partial charge in [0.05, 0.1) is 12.1 Å². The number of ketones is 2. The van der Waals surface area contributed by atoms with Crippen LogP contribution in [0.3, 0.4) is 0 Å². The van der Waals surface area contributed by atoms with Crippen molar-refractivity contribution in [1.82, 2.24) is 0 Å². The molecule has 0 aliphatic carbocycles. The molecule has 106 valence electrons. The zero-order valence-electron chi connectivity index (χ0n) is 10.9. The predicted octanol–water partition coefficient (Wildman–Crippen LogP) is -0.963. The van der Waals surface area contributed by atoms with Gasteiger partial charge < -0.3 is 22.9 Å². The van der Waals surface area contributed by atoms with E-state index in [-0.39, 0.29) is 0 Å². The number of hydrogen-bond donors (Lipinski definition) is 4. The van der Waals surface area contributed by atoms with Gasteiger partial charge in [-0.3, -0.25) is 9.59 Å². The Morgan fingerprint density at radius 2 is 1.06 bits per heavy atom. The Hall–Kier alpha value is -0.820. The molecule has 0 aromatic carbocycles. The van der Waals surface area contributed by atoms with Crippen LogP contribution >= 0.6 is 0 Å². The van der Waals surface area contributed by atoms with Crippen molar-refractivity contribution in [1.29, 1.82) is 0 Å². The van der Waals surface area contributed by atoms with Gasteiger partial charge in [0, 0.05) is 0 Å². The Morgan fingerprint density at radius 3 is 1.33 bits per heavy atom. The molecule has 0 heterocycles. The van der Waals surface area contributed by atoms with Crippen LogP contribution in [0.1, 0.15) is 38.5 Å². The SMILES string of the molecule is NCCCC[C@H](N)C(=O)C(=O)[C@@H](N)CCCCN. The van der Waals surface area contributed by atoms with Crippen molar-refractivity contribution in [3.8, 4) is 0 Å². The summed E-state index contributed by atoms with van der Waals surface area (Å²) < 4.78 is 0. The molecule has 0 aromatic heterocycles. The Bertz CT molecular complexity index is 232. The van der Waals surface area contributed by atoms with E-state index in [0.717, 1.165) is 25.7 Å². The van der Waals surface area contributed by atoms with E-state index in [1.807, 2.05) is 0 Å². The monoisotopic (exact) mass is 258 g/mol. The maximum atomic E-state index is 11.7. The van der Waals surface area contributed by atoms with Crippen molar-refractivity contribution in [2.24, 2.45) is 22.9 Å². The van der Waals surface area contributed by atoms with Gasteiger partial charge in [-0.05, 0) is 38.8 Å². The first-order valence-corrected chi connectivity index (χ1v) is 6.54. The van der Waals surface area contributed by atoms with E-state index in [2.05, 4.69) is 0 Å². The van der Waals surface area contributed by atoms with Crippen LogP contribution in [0.15, 0.2) is 0 Å². The molecule has 0 saturated carbocycles. The lowest BCUT2D eigenvalue weighted by molar-refractivity contribution is -0.138. The van der Waals surface area contributed by atoms with Crippen LogP contribution in [0.2, 0.25) is 0 Å². The van der Waals surface area contributed by atoms with Crippen molar-refractivity contribution in [3.05, 3.63) is 0 Å². The van der Waals surface area contributed by atoms with E-state index in [1.165, 1.54) is 0 Å². The van der Waals surface area contributed by atoms with Gasteiger partial charge in [0.15, 0.2) is 0 Å². The normalized spacial score (nSPS) is 14.2. The van der Waals surface area contributed by atoms with Crippen LogP contribution in [0.5, 0.6) is 0 Å². The molecule has 0 spiro atoms. The Morgan fingerprint density at radius 1 is 0.722 bits per heavy atom. The fourth-order valence-electron chi connectivity index (χ4n) is 1.64.